The lowest BCUT2D eigenvalue weighted by Crippen LogP contribution is -2.16. The molecule has 164 valence electrons. The zero-order chi connectivity index (χ0) is 21.8. The molecule has 1 fully saturated rings. The maximum Gasteiger partial charge on any atom is 0.200 e. The fourth-order valence-electron chi connectivity index (χ4n) is 4.37. The molecular formula is C24H28F4O2. The Morgan fingerprint density at radius 1 is 0.933 bits per heavy atom. The van der Waals surface area contributed by atoms with Gasteiger partial charge in [-0.25, -0.2) is 13.2 Å². The van der Waals surface area contributed by atoms with Crippen LogP contribution in [-0.2, 0) is 6.42 Å². The van der Waals surface area contributed by atoms with Crippen LogP contribution in [0, 0.1) is 29.2 Å². The lowest BCUT2D eigenvalue weighted by atomic mass is 9.76. The van der Waals surface area contributed by atoms with Crippen LogP contribution in [0.2, 0.25) is 0 Å². The number of aryl methyl sites for hydroxylation is 1. The molecule has 6 heteroatoms. The van der Waals surface area contributed by atoms with E-state index < -0.39 is 29.4 Å². The van der Waals surface area contributed by atoms with Crippen molar-refractivity contribution in [2.45, 2.75) is 64.4 Å². The Bertz CT molecular complexity index is 874. The largest absolute Gasteiger partial charge is 0.491 e. The number of halogens is 4. The molecule has 0 amide bonds. The predicted octanol–water partition coefficient (Wildman–Crippen LogP) is 6.60. The molecule has 1 unspecified atom stereocenters. The molecular weight excluding hydrogens is 396 g/mol. The Hall–Kier alpha value is -2.08. The fourth-order valence-corrected chi connectivity index (χ4v) is 4.37. The first kappa shape index (κ1) is 22.6. The van der Waals surface area contributed by atoms with Gasteiger partial charge in [-0.15, -0.1) is 0 Å². The average molecular weight is 424 g/mol. The van der Waals surface area contributed by atoms with Crippen molar-refractivity contribution in [3.05, 3.63) is 64.2 Å². The summed E-state index contributed by atoms with van der Waals surface area (Å²) in [7, 11) is 0. The Labute approximate surface area is 174 Å². The summed E-state index contributed by atoms with van der Waals surface area (Å²) in [6, 6.07) is 6.05. The molecule has 0 radical (unpaired) electrons. The molecule has 1 atom stereocenters. The summed E-state index contributed by atoms with van der Waals surface area (Å²) in [6.07, 6.45) is 3.17. The Morgan fingerprint density at radius 2 is 1.63 bits per heavy atom. The second-order valence-corrected chi connectivity index (χ2v) is 8.09. The lowest BCUT2D eigenvalue weighted by Gasteiger charge is -2.29. The van der Waals surface area contributed by atoms with Crippen LogP contribution in [-0.4, -0.2) is 11.7 Å². The van der Waals surface area contributed by atoms with Gasteiger partial charge in [-0.05, 0) is 81.4 Å². The van der Waals surface area contributed by atoms with Crippen LogP contribution < -0.4 is 4.74 Å². The molecule has 1 aliphatic carbocycles. The zero-order valence-corrected chi connectivity index (χ0v) is 17.4. The second-order valence-electron chi connectivity index (χ2n) is 8.09. The molecule has 0 aromatic heterocycles. The SMILES string of the molecule is CCOc1ccc(C2CCC(CCc3ccc(C(C)O)c(F)c3F)CC2)c(F)c1F. The summed E-state index contributed by atoms with van der Waals surface area (Å²) >= 11 is 0. The smallest absolute Gasteiger partial charge is 0.200 e. The van der Waals surface area contributed by atoms with Crippen molar-refractivity contribution in [1.82, 2.24) is 0 Å². The van der Waals surface area contributed by atoms with Gasteiger partial charge in [0.25, 0.3) is 0 Å². The molecule has 0 spiro atoms. The van der Waals surface area contributed by atoms with Crippen molar-refractivity contribution in [3.8, 4) is 5.75 Å². The lowest BCUT2D eigenvalue weighted by molar-refractivity contribution is 0.192. The van der Waals surface area contributed by atoms with E-state index in [1.807, 2.05) is 0 Å². The summed E-state index contributed by atoms with van der Waals surface area (Å²) < 4.78 is 62.0. The highest BCUT2D eigenvalue weighted by Crippen LogP contribution is 2.40. The fraction of sp³-hybridized carbons (Fsp3) is 0.500. The maximum absolute atomic E-state index is 14.5. The van der Waals surface area contributed by atoms with Gasteiger partial charge in [0.2, 0.25) is 5.82 Å². The number of benzene rings is 2. The number of aliphatic hydroxyl groups excluding tert-OH is 1. The van der Waals surface area contributed by atoms with Gasteiger partial charge >= 0.3 is 0 Å². The first-order valence-electron chi connectivity index (χ1n) is 10.6. The minimum Gasteiger partial charge on any atom is -0.491 e. The number of rotatable bonds is 7. The van der Waals surface area contributed by atoms with E-state index in [2.05, 4.69) is 0 Å². The Balaban J connectivity index is 1.58. The van der Waals surface area contributed by atoms with E-state index in [0.717, 1.165) is 25.7 Å². The van der Waals surface area contributed by atoms with Crippen LogP contribution in [0.15, 0.2) is 24.3 Å². The van der Waals surface area contributed by atoms with Gasteiger partial charge in [-0.3, -0.25) is 0 Å². The van der Waals surface area contributed by atoms with E-state index in [-0.39, 0.29) is 23.8 Å². The molecule has 3 rings (SSSR count). The van der Waals surface area contributed by atoms with Crippen molar-refractivity contribution in [3.63, 3.8) is 0 Å². The molecule has 2 aromatic carbocycles. The third-order valence-electron chi connectivity index (χ3n) is 6.13. The van der Waals surface area contributed by atoms with Crippen LogP contribution in [0.4, 0.5) is 17.6 Å². The van der Waals surface area contributed by atoms with Crippen molar-refractivity contribution in [2.24, 2.45) is 5.92 Å². The molecule has 0 bridgehead atoms. The summed E-state index contributed by atoms with van der Waals surface area (Å²) in [5.74, 6) is -3.44. The van der Waals surface area contributed by atoms with Crippen LogP contribution in [0.3, 0.4) is 0 Å². The van der Waals surface area contributed by atoms with Gasteiger partial charge in [0.1, 0.15) is 0 Å². The minimum absolute atomic E-state index is 0.0404. The highest BCUT2D eigenvalue weighted by Gasteiger charge is 2.27. The van der Waals surface area contributed by atoms with Crippen molar-refractivity contribution in [1.29, 1.82) is 0 Å². The van der Waals surface area contributed by atoms with E-state index in [9.17, 15) is 22.7 Å². The molecule has 0 saturated heterocycles. The van der Waals surface area contributed by atoms with E-state index in [1.165, 1.54) is 25.1 Å². The zero-order valence-electron chi connectivity index (χ0n) is 17.4. The third kappa shape index (κ3) is 4.80. The van der Waals surface area contributed by atoms with Crippen LogP contribution in [0.25, 0.3) is 0 Å². The normalized spacial score (nSPS) is 20.2. The summed E-state index contributed by atoms with van der Waals surface area (Å²) in [5, 5.41) is 9.49. The average Bonchev–Trinajstić information content (AvgIpc) is 2.73. The molecule has 0 aliphatic heterocycles. The van der Waals surface area contributed by atoms with Crippen molar-refractivity contribution >= 4 is 0 Å². The van der Waals surface area contributed by atoms with E-state index in [0.29, 0.717) is 29.9 Å². The molecule has 0 heterocycles. The first-order chi connectivity index (χ1) is 14.3. The summed E-state index contributed by atoms with van der Waals surface area (Å²) in [5.41, 5.74) is 0.649. The van der Waals surface area contributed by atoms with Crippen LogP contribution >= 0.6 is 0 Å². The topological polar surface area (TPSA) is 29.5 Å². The molecule has 30 heavy (non-hydrogen) atoms. The number of hydrogen-bond acceptors (Lipinski definition) is 2. The van der Waals surface area contributed by atoms with E-state index in [1.54, 1.807) is 13.0 Å². The van der Waals surface area contributed by atoms with Crippen LogP contribution in [0.1, 0.15) is 74.7 Å². The predicted molar refractivity (Wildman–Crippen MR) is 108 cm³/mol. The number of hydrogen-bond donors (Lipinski definition) is 1. The van der Waals surface area contributed by atoms with Gasteiger partial charge < -0.3 is 9.84 Å². The molecule has 1 N–H and O–H groups in total. The second kappa shape index (κ2) is 9.82. The minimum atomic E-state index is -1.06. The number of aliphatic hydroxyl groups is 1. The summed E-state index contributed by atoms with van der Waals surface area (Å²) in [6.45, 7) is 3.39. The molecule has 1 aliphatic rings. The van der Waals surface area contributed by atoms with Gasteiger partial charge in [0.15, 0.2) is 23.2 Å². The van der Waals surface area contributed by atoms with Gasteiger partial charge in [-0.1, -0.05) is 18.2 Å². The van der Waals surface area contributed by atoms with Crippen molar-refractivity contribution < 1.29 is 27.4 Å². The van der Waals surface area contributed by atoms with Crippen molar-refractivity contribution in [2.75, 3.05) is 6.61 Å². The Kier molecular flexibility index (Phi) is 7.40. The highest BCUT2D eigenvalue weighted by molar-refractivity contribution is 5.33. The van der Waals surface area contributed by atoms with Crippen LogP contribution in [0.5, 0.6) is 5.75 Å². The van der Waals surface area contributed by atoms with Gasteiger partial charge in [0, 0.05) is 5.56 Å². The molecule has 1 saturated carbocycles. The Morgan fingerprint density at radius 3 is 2.27 bits per heavy atom. The molecule has 2 aromatic rings. The maximum atomic E-state index is 14.5. The third-order valence-corrected chi connectivity index (χ3v) is 6.13. The highest BCUT2D eigenvalue weighted by atomic mass is 19.2. The van der Waals surface area contributed by atoms with Gasteiger partial charge in [-0.2, -0.15) is 4.39 Å². The molecule has 2 nitrogen and oxygen atoms in total. The quantitative estimate of drug-likeness (QED) is 0.507. The first-order valence-corrected chi connectivity index (χ1v) is 10.6. The monoisotopic (exact) mass is 424 g/mol. The summed E-state index contributed by atoms with van der Waals surface area (Å²) in [4.78, 5) is 0. The number of ether oxygens (including phenoxy) is 1. The standard InChI is InChI=1S/C24H28F4O2/c1-3-30-20-13-12-19(23(27)24(20)28)16-7-4-15(5-8-16)6-9-17-10-11-18(14(2)29)22(26)21(17)25/h10-16,29H,3-9H2,1-2H3. The van der Waals surface area contributed by atoms with E-state index >= 15 is 0 Å². The van der Waals surface area contributed by atoms with Gasteiger partial charge in [0.05, 0.1) is 12.7 Å². The van der Waals surface area contributed by atoms with E-state index in [4.69, 9.17) is 4.74 Å².